The number of ether oxygens (including phenoxy) is 1. The van der Waals surface area contributed by atoms with Crippen molar-refractivity contribution in [3.05, 3.63) is 59.7 Å². The van der Waals surface area contributed by atoms with E-state index in [1.165, 1.54) is 0 Å². The number of nitrogen functional groups attached to an aromatic ring is 1. The van der Waals surface area contributed by atoms with Gasteiger partial charge in [0, 0.05) is 11.3 Å². The van der Waals surface area contributed by atoms with E-state index in [4.69, 9.17) is 10.5 Å². The third-order valence-electron chi connectivity index (χ3n) is 3.38. The minimum Gasteiger partial charge on any atom is -0.494 e. The molecule has 0 fully saturated rings. The Hall–Kier alpha value is -3.02. The summed E-state index contributed by atoms with van der Waals surface area (Å²) in [5.74, 6) is -0.181. The largest absolute Gasteiger partial charge is 0.494 e. The molecule has 0 aliphatic heterocycles. The van der Waals surface area contributed by atoms with Crippen molar-refractivity contribution in [2.45, 2.75) is 19.8 Å². The molecule has 2 aromatic rings. The summed E-state index contributed by atoms with van der Waals surface area (Å²) in [4.78, 5) is 24.0. The van der Waals surface area contributed by atoms with E-state index < -0.39 is 11.8 Å². The van der Waals surface area contributed by atoms with Crippen LogP contribution in [-0.2, 0) is 0 Å². The zero-order valence-electron chi connectivity index (χ0n) is 13.5. The summed E-state index contributed by atoms with van der Waals surface area (Å²) in [6.07, 6.45) is 2.04. The van der Waals surface area contributed by atoms with Crippen LogP contribution in [0.5, 0.6) is 5.75 Å². The molecule has 0 aliphatic rings. The second-order valence-corrected chi connectivity index (χ2v) is 5.22. The van der Waals surface area contributed by atoms with Crippen LogP contribution in [0.4, 0.5) is 5.69 Å². The highest BCUT2D eigenvalue weighted by Crippen LogP contribution is 2.13. The van der Waals surface area contributed by atoms with Gasteiger partial charge in [0.25, 0.3) is 11.8 Å². The van der Waals surface area contributed by atoms with Crippen LogP contribution in [0.15, 0.2) is 48.5 Å². The number of carbonyl (C=O) groups is 2. The minimum absolute atomic E-state index is 0.303. The first-order valence-electron chi connectivity index (χ1n) is 7.80. The molecule has 4 N–H and O–H groups in total. The van der Waals surface area contributed by atoms with Crippen LogP contribution in [0.25, 0.3) is 0 Å². The summed E-state index contributed by atoms with van der Waals surface area (Å²) in [5, 5.41) is 0. The molecule has 2 rings (SSSR count). The van der Waals surface area contributed by atoms with Gasteiger partial charge in [-0.2, -0.15) is 0 Å². The fraction of sp³-hybridized carbons (Fsp3) is 0.222. The number of anilines is 1. The summed E-state index contributed by atoms with van der Waals surface area (Å²) in [5.41, 5.74) is 11.5. The molecule has 0 aliphatic carbocycles. The van der Waals surface area contributed by atoms with Crippen molar-refractivity contribution in [3.8, 4) is 5.75 Å². The van der Waals surface area contributed by atoms with Gasteiger partial charge in [-0.05, 0) is 42.8 Å². The fourth-order valence-corrected chi connectivity index (χ4v) is 1.99. The van der Waals surface area contributed by atoms with E-state index in [-0.39, 0.29) is 0 Å². The molecule has 0 atom stereocenters. The van der Waals surface area contributed by atoms with Crippen molar-refractivity contribution < 1.29 is 14.3 Å². The molecule has 2 amide bonds. The molecular formula is C18H21N3O3. The van der Waals surface area contributed by atoms with Gasteiger partial charge in [-0.1, -0.05) is 25.5 Å². The lowest BCUT2D eigenvalue weighted by Crippen LogP contribution is -2.41. The highest BCUT2D eigenvalue weighted by molar-refractivity contribution is 6.01. The number of amides is 2. The molecule has 0 unspecified atom stereocenters. The number of hydrogen-bond donors (Lipinski definition) is 3. The Labute approximate surface area is 141 Å². The average molecular weight is 327 g/mol. The van der Waals surface area contributed by atoms with E-state index in [0.29, 0.717) is 29.2 Å². The maximum absolute atomic E-state index is 12.0. The molecule has 126 valence electrons. The van der Waals surface area contributed by atoms with Gasteiger partial charge in [0.1, 0.15) is 5.75 Å². The first-order valence-corrected chi connectivity index (χ1v) is 7.80. The molecule has 0 spiro atoms. The third-order valence-corrected chi connectivity index (χ3v) is 3.38. The van der Waals surface area contributed by atoms with Crippen LogP contribution in [0.1, 0.15) is 40.5 Å². The molecular weight excluding hydrogens is 306 g/mol. The maximum atomic E-state index is 12.0. The van der Waals surface area contributed by atoms with E-state index in [1.54, 1.807) is 48.5 Å². The number of benzene rings is 2. The average Bonchev–Trinajstić information content (AvgIpc) is 2.60. The Bertz CT molecular complexity index is 699. The predicted octanol–water partition coefficient (Wildman–Crippen LogP) is 2.52. The van der Waals surface area contributed by atoms with Crippen molar-refractivity contribution in [3.63, 3.8) is 0 Å². The lowest BCUT2D eigenvalue weighted by atomic mass is 10.2. The van der Waals surface area contributed by atoms with Gasteiger partial charge in [0.15, 0.2) is 0 Å². The minimum atomic E-state index is -0.471. The number of hydrogen-bond acceptors (Lipinski definition) is 4. The molecule has 0 aromatic heterocycles. The van der Waals surface area contributed by atoms with Gasteiger partial charge in [-0.25, -0.2) is 0 Å². The van der Waals surface area contributed by atoms with Crippen molar-refractivity contribution >= 4 is 17.5 Å². The number of unbranched alkanes of at least 4 members (excludes halogenated alkanes) is 1. The summed E-state index contributed by atoms with van der Waals surface area (Å²) in [6.45, 7) is 2.74. The first-order chi connectivity index (χ1) is 11.6. The summed E-state index contributed by atoms with van der Waals surface area (Å²) >= 11 is 0. The van der Waals surface area contributed by atoms with Crippen LogP contribution in [-0.4, -0.2) is 18.4 Å². The highest BCUT2D eigenvalue weighted by atomic mass is 16.5. The summed E-state index contributed by atoms with van der Waals surface area (Å²) in [7, 11) is 0. The molecule has 6 heteroatoms. The van der Waals surface area contributed by atoms with E-state index in [0.717, 1.165) is 12.8 Å². The quantitative estimate of drug-likeness (QED) is 0.432. The van der Waals surface area contributed by atoms with Gasteiger partial charge in [-0.15, -0.1) is 0 Å². The Kier molecular flexibility index (Phi) is 6.19. The molecule has 2 aromatic carbocycles. The zero-order chi connectivity index (χ0) is 17.4. The number of nitrogens with one attached hydrogen (secondary N) is 2. The van der Waals surface area contributed by atoms with Crippen molar-refractivity contribution in [2.24, 2.45) is 0 Å². The summed E-state index contributed by atoms with van der Waals surface area (Å²) < 4.78 is 5.54. The van der Waals surface area contributed by atoms with Crippen molar-refractivity contribution in [2.75, 3.05) is 12.3 Å². The number of carbonyl (C=O) groups excluding carboxylic acids is 2. The van der Waals surface area contributed by atoms with Gasteiger partial charge in [-0.3, -0.25) is 20.4 Å². The van der Waals surface area contributed by atoms with Crippen LogP contribution in [0.3, 0.4) is 0 Å². The van der Waals surface area contributed by atoms with E-state index in [9.17, 15) is 9.59 Å². The third kappa shape index (κ3) is 4.74. The second kappa shape index (κ2) is 8.57. The molecule has 24 heavy (non-hydrogen) atoms. The molecule has 6 nitrogen and oxygen atoms in total. The topological polar surface area (TPSA) is 93.5 Å². The van der Waals surface area contributed by atoms with Gasteiger partial charge >= 0.3 is 0 Å². The van der Waals surface area contributed by atoms with Crippen LogP contribution < -0.4 is 21.3 Å². The molecule has 0 heterocycles. The van der Waals surface area contributed by atoms with Gasteiger partial charge in [0.2, 0.25) is 0 Å². The second-order valence-electron chi connectivity index (χ2n) is 5.22. The van der Waals surface area contributed by atoms with Gasteiger partial charge in [0.05, 0.1) is 12.2 Å². The normalized spacial score (nSPS) is 10.0. The SMILES string of the molecule is CCCCOc1ccc(C(=O)NNC(=O)c2ccccc2N)cc1. The Balaban J connectivity index is 1.88. The van der Waals surface area contributed by atoms with Gasteiger partial charge < -0.3 is 10.5 Å². The van der Waals surface area contributed by atoms with E-state index in [2.05, 4.69) is 17.8 Å². The molecule has 0 saturated carbocycles. The molecule has 0 bridgehead atoms. The molecule has 0 radical (unpaired) electrons. The zero-order valence-corrected chi connectivity index (χ0v) is 13.5. The van der Waals surface area contributed by atoms with E-state index in [1.807, 2.05) is 0 Å². The number of para-hydroxylation sites is 1. The van der Waals surface area contributed by atoms with Crippen LogP contribution in [0, 0.1) is 0 Å². The van der Waals surface area contributed by atoms with Crippen molar-refractivity contribution in [1.29, 1.82) is 0 Å². The Morgan fingerprint density at radius 1 is 1.00 bits per heavy atom. The highest BCUT2D eigenvalue weighted by Gasteiger charge is 2.11. The monoisotopic (exact) mass is 327 g/mol. The summed E-state index contributed by atoms with van der Waals surface area (Å²) in [6, 6.07) is 13.4. The van der Waals surface area contributed by atoms with Crippen LogP contribution in [0.2, 0.25) is 0 Å². The fourth-order valence-electron chi connectivity index (χ4n) is 1.99. The smallest absolute Gasteiger partial charge is 0.271 e. The number of rotatable bonds is 6. The van der Waals surface area contributed by atoms with Crippen molar-refractivity contribution in [1.82, 2.24) is 10.9 Å². The lowest BCUT2D eigenvalue weighted by molar-refractivity contribution is 0.0847. The Morgan fingerprint density at radius 2 is 1.67 bits per heavy atom. The first kappa shape index (κ1) is 17.3. The lowest BCUT2D eigenvalue weighted by Gasteiger charge is -2.09. The molecule has 0 saturated heterocycles. The Morgan fingerprint density at radius 3 is 2.33 bits per heavy atom. The number of nitrogens with two attached hydrogens (primary N) is 1. The van der Waals surface area contributed by atoms with E-state index >= 15 is 0 Å². The van der Waals surface area contributed by atoms with Crippen LogP contribution >= 0.6 is 0 Å². The standard InChI is InChI=1S/C18H21N3O3/c1-2-3-12-24-14-10-8-13(9-11-14)17(22)20-21-18(23)15-6-4-5-7-16(15)19/h4-11H,2-3,12,19H2,1H3,(H,20,22)(H,21,23). The predicted molar refractivity (Wildman–Crippen MR) is 92.6 cm³/mol. The maximum Gasteiger partial charge on any atom is 0.271 e. The number of hydrazine groups is 1.